The summed E-state index contributed by atoms with van der Waals surface area (Å²) in [7, 11) is 1.98. The van der Waals surface area contributed by atoms with E-state index in [2.05, 4.69) is 20.9 Å². The van der Waals surface area contributed by atoms with Gasteiger partial charge in [0, 0.05) is 19.0 Å². The van der Waals surface area contributed by atoms with Gasteiger partial charge >= 0.3 is 0 Å². The van der Waals surface area contributed by atoms with Crippen molar-refractivity contribution in [3.05, 3.63) is 12.3 Å². The Hall–Kier alpha value is -0.310. The molecule has 50 valence electrons. The van der Waals surface area contributed by atoms with Crippen LogP contribution in [0.5, 0.6) is 0 Å². The average molecular weight is 189 g/mol. The van der Waals surface area contributed by atoms with Crippen molar-refractivity contribution in [3.63, 3.8) is 0 Å². The standard InChI is InChI=1S/C6H9BrN2/c1-5-3-4-9(2)6(7)8-5/h3-4,6H,1-2H3. The Morgan fingerprint density at radius 2 is 2.44 bits per heavy atom. The van der Waals surface area contributed by atoms with Crippen LogP contribution in [-0.2, 0) is 0 Å². The lowest BCUT2D eigenvalue weighted by Crippen LogP contribution is -2.22. The van der Waals surface area contributed by atoms with Crippen LogP contribution in [0.4, 0.5) is 0 Å². The highest BCUT2D eigenvalue weighted by molar-refractivity contribution is 9.09. The molecule has 1 unspecified atom stereocenters. The number of nitrogens with zero attached hydrogens (tertiary/aromatic N) is 2. The summed E-state index contributed by atoms with van der Waals surface area (Å²) in [5.74, 6) is 0. The number of alkyl halides is 1. The molecule has 1 aliphatic rings. The Morgan fingerprint density at radius 3 is 2.89 bits per heavy atom. The lowest BCUT2D eigenvalue weighted by molar-refractivity contribution is 0.441. The number of halogens is 1. The minimum atomic E-state index is 0.127. The first-order valence-electron chi connectivity index (χ1n) is 2.79. The number of hydrogen-bond donors (Lipinski definition) is 0. The van der Waals surface area contributed by atoms with Crippen LogP contribution in [0.2, 0.25) is 0 Å². The lowest BCUT2D eigenvalue weighted by Gasteiger charge is -2.21. The lowest BCUT2D eigenvalue weighted by atomic mass is 10.4. The van der Waals surface area contributed by atoms with Crippen molar-refractivity contribution < 1.29 is 0 Å². The molecular weight excluding hydrogens is 180 g/mol. The first kappa shape index (κ1) is 6.81. The summed E-state index contributed by atoms with van der Waals surface area (Å²) in [4.78, 5) is 6.23. The van der Waals surface area contributed by atoms with Gasteiger partial charge in [-0.15, -0.1) is 0 Å². The van der Waals surface area contributed by atoms with Crippen molar-refractivity contribution in [2.24, 2.45) is 4.99 Å². The van der Waals surface area contributed by atoms with E-state index in [0.717, 1.165) is 5.71 Å². The molecule has 0 aromatic rings. The second-order valence-corrected chi connectivity index (χ2v) is 2.88. The number of hydrogen-bond acceptors (Lipinski definition) is 2. The first-order chi connectivity index (χ1) is 4.20. The third kappa shape index (κ3) is 1.55. The molecule has 0 saturated carbocycles. The maximum atomic E-state index is 4.24. The van der Waals surface area contributed by atoms with Crippen LogP contribution in [-0.4, -0.2) is 22.7 Å². The van der Waals surface area contributed by atoms with E-state index in [1.165, 1.54) is 0 Å². The van der Waals surface area contributed by atoms with Crippen LogP contribution in [0.1, 0.15) is 6.92 Å². The Balaban J connectivity index is 2.70. The monoisotopic (exact) mass is 188 g/mol. The fourth-order valence-electron chi connectivity index (χ4n) is 0.599. The molecule has 1 atom stereocenters. The molecule has 9 heavy (non-hydrogen) atoms. The van der Waals surface area contributed by atoms with E-state index in [1.54, 1.807) is 0 Å². The summed E-state index contributed by atoms with van der Waals surface area (Å²) in [5, 5.41) is 0.127. The maximum absolute atomic E-state index is 4.24. The number of rotatable bonds is 0. The predicted molar refractivity (Wildman–Crippen MR) is 42.7 cm³/mol. The summed E-state index contributed by atoms with van der Waals surface area (Å²) in [6, 6.07) is 0. The molecule has 3 heteroatoms. The second kappa shape index (κ2) is 2.52. The van der Waals surface area contributed by atoms with E-state index >= 15 is 0 Å². The van der Waals surface area contributed by atoms with Gasteiger partial charge in [0.1, 0.15) is 0 Å². The molecule has 1 heterocycles. The van der Waals surface area contributed by atoms with Gasteiger partial charge in [-0.05, 0) is 28.9 Å². The van der Waals surface area contributed by atoms with Gasteiger partial charge in [0.2, 0.25) is 0 Å². The molecule has 0 aromatic heterocycles. The van der Waals surface area contributed by atoms with Gasteiger partial charge in [0.15, 0.2) is 5.08 Å². The second-order valence-electron chi connectivity index (χ2n) is 2.06. The topological polar surface area (TPSA) is 15.6 Å². The van der Waals surface area contributed by atoms with Crippen LogP contribution in [0.15, 0.2) is 17.3 Å². The molecule has 0 aromatic carbocycles. The van der Waals surface area contributed by atoms with E-state index in [-0.39, 0.29) is 5.08 Å². The third-order valence-electron chi connectivity index (χ3n) is 1.20. The average Bonchev–Trinajstić information content (AvgIpc) is 1.80. The highest BCUT2D eigenvalue weighted by atomic mass is 79.9. The molecule has 0 N–H and O–H groups in total. The zero-order chi connectivity index (χ0) is 6.85. The maximum Gasteiger partial charge on any atom is 0.177 e. The normalized spacial score (nSPS) is 26.3. The van der Waals surface area contributed by atoms with Crippen LogP contribution in [0, 0.1) is 0 Å². The molecule has 1 aliphatic heterocycles. The molecule has 0 amide bonds. The van der Waals surface area contributed by atoms with E-state index in [0.29, 0.717) is 0 Å². The van der Waals surface area contributed by atoms with Crippen molar-refractivity contribution in [3.8, 4) is 0 Å². The van der Waals surface area contributed by atoms with Gasteiger partial charge in [-0.3, -0.25) is 4.99 Å². The fourth-order valence-corrected chi connectivity index (χ4v) is 1.06. The number of allylic oxidation sites excluding steroid dienone is 1. The van der Waals surface area contributed by atoms with Crippen LogP contribution < -0.4 is 0 Å². The summed E-state index contributed by atoms with van der Waals surface area (Å²) in [6.45, 7) is 1.98. The van der Waals surface area contributed by atoms with Gasteiger partial charge in [-0.25, -0.2) is 0 Å². The minimum absolute atomic E-state index is 0.127. The van der Waals surface area contributed by atoms with Crippen molar-refractivity contribution >= 4 is 21.6 Å². The number of aliphatic imine (C=N–C) groups is 1. The Labute approximate surface area is 63.4 Å². The predicted octanol–water partition coefficient (Wildman–Crippen LogP) is 1.58. The summed E-state index contributed by atoms with van der Waals surface area (Å²) >= 11 is 3.38. The van der Waals surface area contributed by atoms with Crippen molar-refractivity contribution in [1.82, 2.24) is 4.90 Å². The molecule has 0 fully saturated rings. The fraction of sp³-hybridized carbons (Fsp3) is 0.500. The molecule has 0 bridgehead atoms. The van der Waals surface area contributed by atoms with Crippen molar-refractivity contribution in [1.29, 1.82) is 0 Å². The SMILES string of the molecule is CC1=NC(Br)N(C)C=C1. The molecule has 0 aliphatic carbocycles. The van der Waals surface area contributed by atoms with Gasteiger partial charge < -0.3 is 4.90 Å². The molecule has 0 radical (unpaired) electrons. The Kier molecular flexibility index (Phi) is 1.90. The molecular formula is C6H9BrN2. The Bertz CT molecular complexity index is 162. The van der Waals surface area contributed by atoms with Crippen molar-refractivity contribution in [2.75, 3.05) is 7.05 Å². The zero-order valence-corrected chi connectivity index (χ0v) is 7.09. The van der Waals surface area contributed by atoms with E-state index in [4.69, 9.17) is 0 Å². The van der Waals surface area contributed by atoms with E-state index in [9.17, 15) is 0 Å². The first-order valence-corrected chi connectivity index (χ1v) is 3.70. The van der Waals surface area contributed by atoms with Crippen LogP contribution in [0.25, 0.3) is 0 Å². The Morgan fingerprint density at radius 1 is 1.78 bits per heavy atom. The van der Waals surface area contributed by atoms with Gasteiger partial charge in [0.05, 0.1) is 0 Å². The largest absolute Gasteiger partial charge is 0.350 e. The summed E-state index contributed by atoms with van der Waals surface area (Å²) < 4.78 is 0. The molecule has 2 nitrogen and oxygen atoms in total. The van der Waals surface area contributed by atoms with Crippen LogP contribution >= 0.6 is 15.9 Å². The van der Waals surface area contributed by atoms with Gasteiger partial charge in [-0.1, -0.05) is 0 Å². The summed E-state index contributed by atoms with van der Waals surface area (Å²) in [5.41, 5.74) is 1.06. The smallest absolute Gasteiger partial charge is 0.177 e. The molecule has 0 spiro atoms. The van der Waals surface area contributed by atoms with Gasteiger partial charge in [-0.2, -0.15) is 0 Å². The van der Waals surface area contributed by atoms with Crippen LogP contribution in [0.3, 0.4) is 0 Å². The third-order valence-corrected chi connectivity index (χ3v) is 2.05. The highest BCUT2D eigenvalue weighted by Crippen LogP contribution is 2.11. The summed E-state index contributed by atoms with van der Waals surface area (Å²) in [6.07, 6.45) is 3.99. The molecule has 0 saturated heterocycles. The van der Waals surface area contributed by atoms with Gasteiger partial charge in [0.25, 0.3) is 0 Å². The zero-order valence-electron chi connectivity index (χ0n) is 5.50. The minimum Gasteiger partial charge on any atom is -0.350 e. The highest BCUT2D eigenvalue weighted by Gasteiger charge is 2.07. The molecule has 1 rings (SSSR count). The van der Waals surface area contributed by atoms with E-state index in [1.807, 2.05) is 31.1 Å². The van der Waals surface area contributed by atoms with Crippen molar-refractivity contribution in [2.45, 2.75) is 12.0 Å². The quantitative estimate of drug-likeness (QED) is 0.417. The van der Waals surface area contributed by atoms with E-state index < -0.39 is 0 Å².